The zero-order valence-electron chi connectivity index (χ0n) is 9.64. The van der Waals surface area contributed by atoms with Gasteiger partial charge in [0.1, 0.15) is 5.75 Å². The van der Waals surface area contributed by atoms with Gasteiger partial charge < -0.3 is 19.5 Å². The highest BCUT2D eigenvalue weighted by Gasteiger charge is 2.13. The van der Waals surface area contributed by atoms with Crippen LogP contribution in [0.25, 0.3) is 0 Å². The van der Waals surface area contributed by atoms with E-state index in [1.165, 1.54) is 0 Å². The second-order valence-electron chi connectivity index (χ2n) is 3.59. The Balaban J connectivity index is 2.53. The van der Waals surface area contributed by atoms with E-state index in [-0.39, 0.29) is 0 Å². The van der Waals surface area contributed by atoms with Crippen molar-refractivity contribution < 1.29 is 19.5 Å². The first-order valence-electron chi connectivity index (χ1n) is 5.23. The first-order chi connectivity index (χ1) is 7.65. The van der Waals surface area contributed by atoms with E-state index in [1.54, 1.807) is 25.3 Å². The molecule has 1 rings (SSSR count). The summed E-state index contributed by atoms with van der Waals surface area (Å²) < 4.78 is 10.4. The highest BCUT2D eigenvalue weighted by atomic mass is 16.5. The molecule has 0 aliphatic carbocycles. The minimum atomic E-state index is -1.43. The van der Waals surface area contributed by atoms with Crippen molar-refractivity contribution in [3.05, 3.63) is 23.8 Å². The maximum atomic E-state index is 9.04. The first-order valence-corrected chi connectivity index (χ1v) is 5.23. The van der Waals surface area contributed by atoms with Gasteiger partial charge in [0.2, 0.25) is 0 Å². The molecule has 0 bridgehead atoms. The molecule has 5 heteroatoms. The van der Waals surface area contributed by atoms with Crippen LogP contribution in [0.1, 0.15) is 12.0 Å². The van der Waals surface area contributed by atoms with Crippen LogP contribution in [0.3, 0.4) is 0 Å². The molecule has 0 saturated carbocycles. The lowest BCUT2D eigenvalue weighted by molar-refractivity contribution is 0.172. The standard InChI is InChI=1S/C11H17BO4/c1-9-8-10(16-7-3-6-15-2)4-5-11(9)12(13)14/h4-5,8,13-14H,3,6-7H2,1-2H3. The third-order valence-corrected chi connectivity index (χ3v) is 2.28. The second kappa shape index (κ2) is 6.53. The van der Waals surface area contributed by atoms with Crippen LogP contribution < -0.4 is 10.2 Å². The van der Waals surface area contributed by atoms with Crippen LogP contribution >= 0.6 is 0 Å². The number of rotatable bonds is 6. The summed E-state index contributed by atoms with van der Waals surface area (Å²) in [6.07, 6.45) is 0.833. The van der Waals surface area contributed by atoms with E-state index in [0.29, 0.717) is 18.7 Å². The van der Waals surface area contributed by atoms with E-state index < -0.39 is 7.12 Å². The lowest BCUT2D eigenvalue weighted by Gasteiger charge is -2.09. The summed E-state index contributed by atoms with van der Waals surface area (Å²) in [5.74, 6) is 0.734. The summed E-state index contributed by atoms with van der Waals surface area (Å²) in [6, 6.07) is 5.18. The fourth-order valence-electron chi connectivity index (χ4n) is 1.42. The van der Waals surface area contributed by atoms with Crippen molar-refractivity contribution in [3.8, 4) is 5.75 Å². The topological polar surface area (TPSA) is 58.9 Å². The Kier molecular flexibility index (Phi) is 5.32. The zero-order valence-corrected chi connectivity index (χ0v) is 9.64. The number of hydrogen-bond acceptors (Lipinski definition) is 4. The molecule has 0 aliphatic rings. The molecule has 1 aromatic carbocycles. The summed E-state index contributed by atoms with van der Waals surface area (Å²) in [7, 11) is 0.226. The Morgan fingerprint density at radius 1 is 1.25 bits per heavy atom. The molecule has 0 unspecified atom stereocenters. The maximum Gasteiger partial charge on any atom is 0.488 e. The van der Waals surface area contributed by atoms with E-state index in [1.807, 2.05) is 6.92 Å². The van der Waals surface area contributed by atoms with Crippen LogP contribution in [-0.4, -0.2) is 37.5 Å². The van der Waals surface area contributed by atoms with Crippen molar-refractivity contribution >= 4 is 12.6 Å². The van der Waals surface area contributed by atoms with Crippen LogP contribution in [-0.2, 0) is 4.74 Å². The number of methoxy groups -OCH3 is 1. The Hall–Kier alpha value is -1.04. The Morgan fingerprint density at radius 2 is 2.00 bits per heavy atom. The van der Waals surface area contributed by atoms with Crippen molar-refractivity contribution in [1.29, 1.82) is 0 Å². The minimum Gasteiger partial charge on any atom is -0.494 e. The van der Waals surface area contributed by atoms with Crippen LogP contribution in [0.4, 0.5) is 0 Å². The van der Waals surface area contributed by atoms with Crippen LogP contribution in [0, 0.1) is 6.92 Å². The molecule has 0 fully saturated rings. The van der Waals surface area contributed by atoms with Crippen LogP contribution in [0.2, 0.25) is 0 Å². The summed E-state index contributed by atoms with van der Waals surface area (Å²) in [5.41, 5.74) is 1.31. The molecule has 0 aliphatic heterocycles. The average Bonchev–Trinajstić information content (AvgIpc) is 2.24. The van der Waals surface area contributed by atoms with Crippen molar-refractivity contribution in [2.24, 2.45) is 0 Å². The molecule has 0 spiro atoms. The van der Waals surface area contributed by atoms with Crippen LogP contribution in [0.15, 0.2) is 18.2 Å². The molecule has 0 saturated heterocycles. The van der Waals surface area contributed by atoms with E-state index in [9.17, 15) is 0 Å². The van der Waals surface area contributed by atoms with Gasteiger partial charge >= 0.3 is 7.12 Å². The van der Waals surface area contributed by atoms with Crippen molar-refractivity contribution in [3.63, 3.8) is 0 Å². The predicted molar refractivity (Wildman–Crippen MR) is 63.0 cm³/mol. The lowest BCUT2D eigenvalue weighted by Crippen LogP contribution is -2.31. The number of benzene rings is 1. The second-order valence-corrected chi connectivity index (χ2v) is 3.59. The average molecular weight is 224 g/mol. The SMILES string of the molecule is COCCCOc1ccc(B(O)O)c(C)c1. The van der Waals surface area contributed by atoms with E-state index in [0.717, 1.165) is 17.7 Å². The summed E-state index contributed by atoms with van der Waals surface area (Å²) >= 11 is 0. The van der Waals surface area contributed by atoms with Gasteiger partial charge in [-0.2, -0.15) is 0 Å². The lowest BCUT2D eigenvalue weighted by atomic mass is 9.77. The molecular weight excluding hydrogens is 207 g/mol. The molecule has 0 amide bonds. The summed E-state index contributed by atoms with van der Waals surface area (Å²) in [4.78, 5) is 0. The van der Waals surface area contributed by atoms with Crippen molar-refractivity contribution in [2.75, 3.05) is 20.3 Å². The Morgan fingerprint density at radius 3 is 2.56 bits per heavy atom. The molecule has 4 nitrogen and oxygen atoms in total. The van der Waals surface area contributed by atoms with Gasteiger partial charge in [-0.05, 0) is 30.1 Å². The third kappa shape index (κ3) is 3.85. The van der Waals surface area contributed by atoms with Crippen molar-refractivity contribution in [1.82, 2.24) is 0 Å². The van der Waals surface area contributed by atoms with Gasteiger partial charge in [0, 0.05) is 20.1 Å². The van der Waals surface area contributed by atoms with E-state index in [4.69, 9.17) is 19.5 Å². The fourth-order valence-corrected chi connectivity index (χ4v) is 1.42. The van der Waals surface area contributed by atoms with Gasteiger partial charge in [-0.25, -0.2) is 0 Å². The van der Waals surface area contributed by atoms with Gasteiger partial charge in [-0.3, -0.25) is 0 Å². The largest absolute Gasteiger partial charge is 0.494 e. The van der Waals surface area contributed by atoms with Crippen molar-refractivity contribution in [2.45, 2.75) is 13.3 Å². The quantitative estimate of drug-likeness (QED) is 0.531. The van der Waals surface area contributed by atoms with Gasteiger partial charge in [0.05, 0.1) is 6.61 Å². The summed E-state index contributed by atoms with van der Waals surface area (Å²) in [6.45, 7) is 3.08. The molecular formula is C11H17BO4. The smallest absolute Gasteiger partial charge is 0.488 e. The third-order valence-electron chi connectivity index (χ3n) is 2.28. The monoisotopic (exact) mass is 224 g/mol. The first kappa shape index (κ1) is 13.0. The minimum absolute atomic E-state index is 0.504. The Labute approximate surface area is 96.0 Å². The van der Waals surface area contributed by atoms with E-state index >= 15 is 0 Å². The molecule has 88 valence electrons. The normalized spacial score (nSPS) is 10.2. The Bertz CT molecular complexity index is 328. The molecule has 0 atom stereocenters. The highest BCUT2D eigenvalue weighted by Crippen LogP contribution is 2.11. The van der Waals surface area contributed by atoms with E-state index in [2.05, 4.69) is 0 Å². The maximum absolute atomic E-state index is 9.04. The van der Waals surface area contributed by atoms with Gasteiger partial charge in [0.25, 0.3) is 0 Å². The number of aryl methyl sites for hydroxylation is 1. The molecule has 1 aromatic rings. The predicted octanol–water partition coefficient (Wildman–Crippen LogP) is 0.0901. The molecule has 16 heavy (non-hydrogen) atoms. The van der Waals surface area contributed by atoms with Gasteiger partial charge in [-0.15, -0.1) is 0 Å². The highest BCUT2D eigenvalue weighted by molar-refractivity contribution is 6.59. The molecule has 2 N–H and O–H groups in total. The molecule has 0 radical (unpaired) electrons. The van der Waals surface area contributed by atoms with Crippen LogP contribution in [0.5, 0.6) is 5.75 Å². The fraction of sp³-hybridized carbons (Fsp3) is 0.455. The number of hydrogen-bond donors (Lipinski definition) is 2. The number of ether oxygens (including phenoxy) is 2. The van der Waals surface area contributed by atoms with Gasteiger partial charge in [-0.1, -0.05) is 6.07 Å². The zero-order chi connectivity index (χ0) is 12.0. The van der Waals surface area contributed by atoms with Gasteiger partial charge in [0.15, 0.2) is 0 Å². The molecule has 0 aromatic heterocycles. The summed E-state index contributed by atoms with van der Waals surface area (Å²) in [5, 5.41) is 18.1. The molecule has 0 heterocycles.